The molecular formula is C7H15NS. The zero-order chi connectivity index (χ0) is 6.69. The van der Waals surface area contributed by atoms with Gasteiger partial charge in [-0.15, -0.1) is 0 Å². The minimum atomic E-state index is 0.601. The van der Waals surface area contributed by atoms with E-state index in [0.717, 1.165) is 0 Å². The maximum atomic E-state index is 4.47. The van der Waals surface area contributed by atoms with Crippen LogP contribution in [0.3, 0.4) is 0 Å². The van der Waals surface area contributed by atoms with E-state index in [1.165, 1.54) is 25.7 Å². The fraction of sp³-hybridized carbons (Fsp3) is 1.00. The monoisotopic (exact) mass is 145 g/mol. The third-order valence-corrected chi connectivity index (χ3v) is 2.72. The fourth-order valence-corrected chi connectivity index (χ4v) is 1.93. The first-order valence-corrected chi connectivity index (χ1v) is 4.21. The van der Waals surface area contributed by atoms with Gasteiger partial charge >= 0.3 is 0 Å². The number of hydrogen-bond donors (Lipinski definition) is 2. The molecule has 1 aliphatic rings. The van der Waals surface area contributed by atoms with Crippen LogP contribution in [0.25, 0.3) is 0 Å². The Morgan fingerprint density at radius 1 is 1.33 bits per heavy atom. The van der Waals surface area contributed by atoms with Crippen molar-refractivity contribution in [3.63, 3.8) is 0 Å². The van der Waals surface area contributed by atoms with E-state index in [-0.39, 0.29) is 0 Å². The lowest BCUT2D eigenvalue weighted by molar-refractivity contribution is 0.407. The Morgan fingerprint density at radius 3 is 2.44 bits per heavy atom. The molecule has 0 amide bonds. The minimum absolute atomic E-state index is 0.601. The second kappa shape index (κ2) is 3.47. The average molecular weight is 145 g/mol. The van der Waals surface area contributed by atoms with Crippen molar-refractivity contribution < 1.29 is 0 Å². The smallest absolute Gasteiger partial charge is 0.0181 e. The molecule has 0 aromatic heterocycles. The summed E-state index contributed by atoms with van der Waals surface area (Å²) in [5.41, 5.74) is 0. The van der Waals surface area contributed by atoms with Crippen molar-refractivity contribution in [2.75, 3.05) is 7.05 Å². The maximum absolute atomic E-state index is 4.47. The summed E-state index contributed by atoms with van der Waals surface area (Å²) in [7, 11) is 2.03. The van der Waals surface area contributed by atoms with Gasteiger partial charge in [0.05, 0.1) is 0 Å². The SMILES string of the molecule is CN[C@@H]1CCCC[C@@H]1S. The first-order chi connectivity index (χ1) is 4.34. The molecule has 54 valence electrons. The van der Waals surface area contributed by atoms with Crippen molar-refractivity contribution in [1.29, 1.82) is 0 Å². The van der Waals surface area contributed by atoms with Crippen LogP contribution in [0.1, 0.15) is 25.7 Å². The molecule has 0 unspecified atom stereocenters. The van der Waals surface area contributed by atoms with Gasteiger partial charge in [-0.05, 0) is 19.9 Å². The van der Waals surface area contributed by atoms with Gasteiger partial charge in [0.15, 0.2) is 0 Å². The van der Waals surface area contributed by atoms with E-state index in [0.29, 0.717) is 11.3 Å². The van der Waals surface area contributed by atoms with Crippen LogP contribution in [0.5, 0.6) is 0 Å². The van der Waals surface area contributed by atoms with E-state index < -0.39 is 0 Å². The quantitative estimate of drug-likeness (QED) is 0.532. The maximum Gasteiger partial charge on any atom is 0.0181 e. The van der Waals surface area contributed by atoms with Gasteiger partial charge in [-0.25, -0.2) is 0 Å². The van der Waals surface area contributed by atoms with E-state index in [4.69, 9.17) is 0 Å². The van der Waals surface area contributed by atoms with E-state index in [9.17, 15) is 0 Å². The lowest BCUT2D eigenvalue weighted by Gasteiger charge is -2.27. The van der Waals surface area contributed by atoms with Crippen LogP contribution in [0.15, 0.2) is 0 Å². The Balaban J connectivity index is 2.30. The van der Waals surface area contributed by atoms with Gasteiger partial charge < -0.3 is 5.32 Å². The highest BCUT2D eigenvalue weighted by Gasteiger charge is 2.19. The topological polar surface area (TPSA) is 12.0 Å². The molecule has 0 saturated heterocycles. The molecule has 0 aliphatic heterocycles. The summed E-state index contributed by atoms with van der Waals surface area (Å²) < 4.78 is 0. The van der Waals surface area contributed by atoms with Crippen molar-refractivity contribution in [3.05, 3.63) is 0 Å². The summed E-state index contributed by atoms with van der Waals surface area (Å²) >= 11 is 4.47. The zero-order valence-electron chi connectivity index (χ0n) is 5.93. The van der Waals surface area contributed by atoms with Crippen LogP contribution in [0.4, 0.5) is 0 Å². The third-order valence-electron chi connectivity index (χ3n) is 2.10. The number of hydrogen-bond acceptors (Lipinski definition) is 2. The van der Waals surface area contributed by atoms with Gasteiger partial charge in [0.25, 0.3) is 0 Å². The first-order valence-electron chi connectivity index (χ1n) is 3.70. The molecule has 1 rings (SSSR count). The lowest BCUT2D eigenvalue weighted by Crippen LogP contribution is -2.36. The molecule has 1 N–H and O–H groups in total. The van der Waals surface area contributed by atoms with Crippen LogP contribution >= 0.6 is 12.6 Å². The van der Waals surface area contributed by atoms with E-state index in [1.54, 1.807) is 0 Å². The van der Waals surface area contributed by atoms with Crippen LogP contribution in [0, 0.1) is 0 Å². The Labute approximate surface area is 62.6 Å². The summed E-state index contributed by atoms with van der Waals surface area (Å²) in [4.78, 5) is 0. The highest BCUT2D eigenvalue weighted by Crippen LogP contribution is 2.21. The normalized spacial score (nSPS) is 36.7. The predicted molar refractivity (Wildman–Crippen MR) is 44.1 cm³/mol. The van der Waals surface area contributed by atoms with Gasteiger partial charge in [-0.2, -0.15) is 12.6 Å². The molecule has 2 heteroatoms. The molecule has 1 saturated carbocycles. The first kappa shape index (κ1) is 7.42. The Hall–Kier alpha value is 0.310. The molecule has 2 atom stereocenters. The van der Waals surface area contributed by atoms with E-state index in [2.05, 4.69) is 17.9 Å². The zero-order valence-corrected chi connectivity index (χ0v) is 6.82. The van der Waals surface area contributed by atoms with Gasteiger partial charge in [0.1, 0.15) is 0 Å². The van der Waals surface area contributed by atoms with Crippen molar-refractivity contribution in [1.82, 2.24) is 5.32 Å². The summed E-state index contributed by atoms with van der Waals surface area (Å²) in [5.74, 6) is 0. The Kier molecular flexibility index (Phi) is 2.86. The molecular weight excluding hydrogens is 130 g/mol. The van der Waals surface area contributed by atoms with Crippen LogP contribution < -0.4 is 5.32 Å². The van der Waals surface area contributed by atoms with Gasteiger partial charge in [-0.1, -0.05) is 12.8 Å². The summed E-state index contributed by atoms with van der Waals surface area (Å²) in [6.45, 7) is 0. The molecule has 0 heterocycles. The molecule has 9 heavy (non-hydrogen) atoms. The van der Waals surface area contributed by atoms with Crippen molar-refractivity contribution in [2.24, 2.45) is 0 Å². The number of nitrogens with one attached hydrogen (secondary N) is 1. The highest BCUT2D eigenvalue weighted by atomic mass is 32.1. The fourth-order valence-electron chi connectivity index (χ4n) is 1.45. The molecule has 0 aromatic rings. The Bertz CT molecular complexity index is 85.0. The molecule has 0 radical (unpaired) electrons. The van der Waals surface area contributed by atoms with Gasteiger partial charge in [0.2, 0.25) is 0 Å². The largest absolute Gasteiger partial charge is 0.316 e. The molecule has 0 bridgehead atoms. The predicted octanol–water partition coefficient (Wildman–Crippen LogP) is 1.45. The molecule has 0 aromatic carbocycles. The number of rotatable bonds is 1. The van der Waals surface area contributed by atoms with Crippen LogP contribution in [-0.4, -0.2) is 18.3 Å². The molecule has 1 aliphatic carbocycles. The Morgan fingerprint density at radius 2 is 2.00 bits per heavy atom. The second-order valence-electron chi connectivity index (χ2n) is 2.75. The van der Waals surface area contributed by atoms with E-state index >= 15 is 0 Å². The molecule has 0 spiro atoms. The summed E-state index contributed by atoms with van der Waals surface area (Å²) in [5, 5.41) is 3.88. The average Bonchev–Trinajstić information content (AvgIpc) is 1.89. The van der Waals surface area contributed by atoms with Crippen molar-refractivity contribution in [2.45, 2.75) is 37.0 Å². The second-order valence-corrected chi connectivity index (χ2v) is 3.41. The van der Waals surface area contributed by atoms with E-state index in [1.807, 2.05) is 7.05 Å². The summed E-state index contributed by atoms with van der Waals surface area (Å²) in [6, 6.07) is 0.669. The van der Waals surface area contributed by atoms with Gasteiger partial charge in [0, 0.05) is 11.3 Å². The summed E-state index contributed by atoms with van der Waals surface area (Å²) in [6.07, 6.45) is 5.34. The highest BCUT2D eigenvalue weighted by molar-refractivity contribution is 7.81. The lowest BCUT2D eigenvalue weighted by atomic mass is 9.95. The van der Waals surface area contributed by atoms with Crippen LogP contribution in [0.2, 0.25) is 0 Å². The van der Waals surface area contributed by atoms with Crippen molar-refractivity contribution in [3.8, 4) is 0 Å². The standard InChI is InChI=1S/C7H15NS/c1-8-6-4-2-3-5-7(6)9/h6-9H,2-5H2,1H3/t6-,7+/m1/s1. The molecule has 1 fully saturated rings. The van der Waals surface area contributed by atoms with Crippen LogP contribution in [-0.2, 0) is 0 Å². The minimum Gasteiger partial charge on any atom is -0.316 e. The van der Waals surface area contributed by atoms with Crippen molar-refractivity contribution >= 4 is 12.6 Å². The van der Waals surface area contributed by atoms with Gasteiger partial charge in [-0.3, -0.25) is 0 Å². The molecule has 1 nitrogen and oxygen atoms in total. The third kappa shape index (κ3) is 1.87. The number of thiol groups is 1.